The molecular weight excluding hydrogens is 410 g/mol. The second kappa shape index (κ2) is 8.51. The van der Waals surface area contributed by atoms with Gasteiger partial charge in [0, 0.05) is 12.4 Å². The number of ether oxygens (including phenoxy) is 1. The summed E-state index contributed by atoms with van der Waals surface area (Å²) >= 11 is 0. The van der Waals surface area contributed by atoms with E-state index >= 15 is 0 Å². The van der Waals surface area contributed by atoms with E-state index in [1.807, 2.05) is 16.7 Å². The van der Waals surface area contributed by atoms with Gasteiger partial charge in [0.1, 0.15) is 17.1 Å². The lowest BCUT2D eigenvalue weighted by Gasteiger charge is -2.34. The van der Waals surface area contributed by atoms with Crippen molar-refractivity contribution < 1.29 is 9.53 Å². The summed E-state index contributed by atoms with van der Waals surface area (Å²) in [6.45, 7) is 2.10. The van der Waals surface area contributed by atoms with Crippen LogP contribution in [0.25, 0.3) is 11.2 Å². The van der Waals surface area contributed by atoms with Gasteiger partial charge in [-0.25, -0.2) is 4.98 Å². The first-order valence-corrected chi connectivity index (χ1v) is 11.8. The molecular formula is C28H29N3O2. The normalized spacial score (nSPS) is 23.0. The molecule has 0 radical (unpaired) electrons. The number of nitrogens with zero attached hydrogens (tertiary/aromatic N) is 3. The topological polar surface area (TPSA) is 67.4 Å². The molecule has 2 aromatic heterocycles. The number of aldehydes is 1. The Kier molecular flexibility index (Phi) is 5.54. The average Bonchev–Trinajstić information content (AvgIpc) is 3.17. The van der Waals surface area contributed by atoms with E-state index in [2.05, 4.69) is 42.2 Å². The predicted molar refractivity (Wildman–Crippen MR) is 128 cm³/mol. The molecule has 5 rings (SSSR count). The highest BCUT2D eigenvalue weighted by atomic mass is 16.5. The molecule has 0 saturated heterocycles. The molecule has 0 aliphatic heterocycles. The van der Waals surface area contributed by atoms with E-state index in [4.69, 9.17) is 4.74 Å². The molecule has 1 aromatic carbocycles. The van der Waals surface area contributed by atoms with E-state index in [1.165, 1.54) is 22.3 Å². The number of aryl methyl sites for hydroxylation is 1. The summed E-state index contributed by atoms with van der Waals surface area (Å²) in [7, 11) is 1.71. The first kappa shape index (κ1) is 21.5. The Morgan fingerprint density at radius 3 is 2.76 bits per heavy atom. The second-order valence-corrected chi connectivity index (χ2v) is 9.69. The number of pyridine rings is 1. The van der Waals surface area contributed by atoms with Crippen molar-refractivity contribution in [2.45, 2.75) is 51.9 Å². The van der Waals surface area contributed by atoms with Crippen LogP contribution in [0.4, 0.5) is 0 Å². The van der Waals surface area contributed by atoms with E-state index in [0.29, 0.717) is 11.6 Å². The number of hydrogen-bond donors (Lipinski definition) is 0. The number of fused-ring (bicyclic) bond motifs is 2. The maximum absolute atomic E-state index is 11.2. The second-order valence-electron chi connectivity index (χ2n) is 9.69. The minimum atomic E-state index is -0.201. The highest BCUT2D eigenvalue weighted by molar-refractivity contribution is 5.86. The number of carbonyl (C=O) groups excluding carboxylic acids is 1. The van der Waals surface area contributed by atoms with Crippen molar-refractivity contribution in [2.75, 3.05) is 7.11 Å². The third-order valence-electron chi connectivity index (χ3n) is 7.54. The molecule has 5 heteroatoms. The van der Waals surface area contributed by atoms with Crippen LogP contribution in [0.15, 0.2) is 48.3 Å². The largest absolute Gasteiger partial charge is 0.497 e. The van der Waals surface area contributed by atoms with Gasteiger partial charge in [0.15, 0.2) is 6.29 Å². The fourth-order valence-electron chi connectivity index (χ4n) is 5.59. The first-order chi connectivity index (χ1) is 16.0. The third-order valence-corrected chi connectivity index (χ3v) is 7.54. The van der Waals surface area contributed by atoms with Crippen LogP contribution in [-0.4, -0.2) is 22.8 Å². The lowest BCUT2D eigenvalue weighted by molar-refractivity contribution is 0.111. The molecule has 1 fully saturated rings. The highest BCUT2D eigenvalue weighted by Crippen LogP contribution is 2.46. The van der Waals surface area contributed by atoms with Crippen LogP contribution in [0.5, 0.6) is 5.75 Å². The molecule has 0 amide bonds. The number of aromatic nitrogens is 2. The van der Waals surface area contributed by atoms with Crippen LogP contribution < -0.4 is 4.74 Å². The standard InChI is InChI=1S/C28H29N3O2/c1-28(18-29)11-8-19(9-12-28)24-5-3-4-20-14-23(33-2)6-7-25(20)27(24)21-10-13-31-16-22(17-32)30-26(31)15-21/h6-7,10,13-17,19H,3-5,8-9,11-12H2,1-2H3. The molecule has 2 heterocycles. The Morgan fingerprint density at radius 1 is 1.21 bits per heavy atom. The average molecular weight is 440 g/mol. The lowest BCUT2D eigenvalue weighted by atomic mass is 9.69. The molecule has 0 N–H and O–H groups in total. The maximum Gasteiger partial charge on any atom is 0.170 e. The SMILES string of the molecule is COc1ccc2c(c1)CCCC(C1CCC(C)(C#N)CC1)=C2c1ccn2cc(C=O)nc2c1. The van der Waals surface area contributed by atoms with Gasteiger partial charge in [0.05, 0.1) is 18.6 Å². The smallest absolute Gasteiger partial charge is 0.170 e. The number of carbonyl (C=O) groups is 1. The minimum Gasteiger partial charge on any atom is -0.497 e. The molecule has 0 atom stereocenters. The van der Waals surface area contributed by atoms with Crippen LogP contribution in [-0.2, 0) is 6.42 Å². The first-order valence-electron chi connectivity index (χ1n) is 11.8. The summed E-state index contributed by atoms with van der Waals surface area (Å²) in [5.41, 5.74) is 7.55. The number of allylic oxidation sites excluding steroid dienone is 1. The Hall–Kier alpha value is -3.39. The number of rotatable bonds is 4. The van der Waals surface area contributed by atoms with E-state index in [1.54, 1.807) is 13.3 Å². The Labute approximate surface area is 194 Å². The Bertz CT molecular complexity index is 1290. The quantitative estimate of drug-likeness (QED) is 0.467. The molecule has 33 heavy (non-hydrogen) atoms. The van der Waals surface area contributed by atoms with Crippen LogP contribution in [0, 0.1) is 22.7 Å². The summed E-state index contributed by atoms with van der Waals surface area (Å²) in [6, 6.07) is 13.2. The Morgan fingerprint density at radius 2 is 2.03 bits per heavy atom. The van der Waals surface area contributed by atoms with Crippen molar-refractivity contribution in [3.05, 3.63) is 70.7 Å². The molecule has 2 aliphatic carbocycles. The highest BCUT2D eigenvalue weighted by Gasteiger charge is 2.34. The van der Waals surface area contributed by atoms with Gasteiger partial charge in [-0.2, -0.15) is 5.26 Å². The Balaban J connectivity index is 1.67. The molecule has 0 bridgehead atoms. The lowest BCUT2D eigenvalue weighted by Crippen LogP contribution is -2.24. The molecule has 3 aromatic rings. The number of hydrogen-bond acceptors (Lipinski definition) is 4. The molecule has 5 nitrogen and oxygen atoms in total. The third kappa shape index (κ3) is 3.95. The summed E-state index contributed by atoms with van der Waals surface area (Å²) in [5, 5.41) is 9.62. The number of imidazole rings is 1. The zero-order valence-corrected chi connectivity index (χ0v) is 19.3. The summed E-state index contributed by atoms with van der Waals surface area (Å²) in [4.78, 5) is 15.7. The van der Waals surface area contributed by atoms with Crippen molar-refractivity contribution in [2.24, 2.45) is 11.3 Å². The molecule has 168 valence electrons. The minimum absolute atomic E-state index is 0.201. The zero-order chi connectivity index (χ0) is 23.0. The fraction of sp³-hybridized carbons (Fsp3) is 0.393. The van der Waals surface area contributed by atoms with Gasteiger partial charge in [-0.3, -0.25) is 4.79 Å². The zero-order valence-electron chi connectivity index (χ0n) is 19.3. The predicted octanol–water partition coefficient (Wildman–Crippen LogP) is 6.01. The van der Waals surface area contributed by atoms with Gasteiger partial charge in [0.25, 0.3) is 0 Å². The van der Waals surface area contributed by atoms with Gasteiger partial charge < -0.3 is 9.14 Å². The van der Waals surface area contributed by atoms with Gasteiger partial charge >= 0.3 is 0 Å². The van der Waals surface area contributed by atoms with Crippen molar-refractivity contribution in [1.29, 1.82) is 5.26 Å². The van der Waals surface area contributed by atoms with Crippen molar-refractivity contribution in [1.82, 2.24) is 9.38 Å². The molecule has 0 spiro atoms. The summed E-state index contributed by atoms with van der Waals surface area (Å²) in [6.07, 6.45) is 11.7. The summed E-state index contributed by atoms with van der Waals surface area (Å²) < 4.78 is 7.42. The van der Waals surface area contributed by atoms with Crippen molar-refractivity contribution in [3.63, 3.8) is 0 Å². The monoisotopic (exact) mass is 439 g/mol. The van der Waals surface area contributed by atoms with Crippen molar-refractivity contribution >= 4 is 17.5 Å². The number of nitriles is 1. The number of methoxy groups -OCH3 is 1. The van der Waals surface area contributed by atoms with E-state index < -0.39 is 0 Å². The van der Waals surface area contributed by atoms with E-state index in [0.717, 1.165) is 68.2 Å². The van der Waals surface area contributed by atoms with Gasteiger partial charge in [0.2, 0.25) is 0 Å². The fourth-order valence-corrected chi connectivity index (χ4v) is 5.59. The molecule has 0 unspecified atom stereocenters. The molecule has 2 aliphatic rings. The maximum atomic E-state index is 11.2. The van der Waals surface area contributed by atoms with Gasteiger partial charge in [-0.1, -0.05) is 11.6 Å². The molecule has 1 saturated carbocycles. The van der Waals surface area contributed by atoms with E-state index in [9.17, 15) is 10.1 Å². The van der Waals surface area contributed by atoms with Crippen LogP contribution >= 0.6 is 0 Å². The van der Waals surface area contributed by atoms with Crippen LogP contribution in [0.3, 0.4) is 0 Å². The van der Waals surface area contributed by atoms with Crippen LogP contribution in [0.2, 0.25) is 0 Å². The van der Waals surface area contributed by atoms with E-state index in [-0.39, 0.29) is 5.41 Å². The number of benzene rings is 1. The van der Waals surface area contributed by atoms with Crippen LogP contribution in [0.1, 0.15) is 72.6 Å². The summed E-state index contributed by atoms with van der Waals surface area (Å²) in [5.74, 6) is 1.37. The van der Waals surface area contributed by atoms with Gasteiger partial charge in [-0.05, 0) is 104 Å². The van der Waals surface area contributed by atoms with Gasteiger partial charge in [-0.15, -0.1) is 0 Å². The van der Waals surface area contributed by atoms with Crippen molar-refractivity contribution in [3.8, 4) is 11.8 Å².